The molecule has 20 heavy (non-hydrogen) atoms. The Balaban J connectivity index is 2.30. The summed E-state index contributed by atoms with van der Waals surface area (Å²) in [4.78, 5) is 12.1. The van der Waals surface area contributed by atoms with Gasteiger partial charge in [0.05, 0.1) is 25.6 Å². The Labute approximate surface area is 116 Å². The Bertz CT molecular complexity index is 637. The summed E-state index contributed by atoms with van der Waals surface area (Å²) in [5, 5.41) is 6.66. The van der Waals surface area contributed by atoms with Crippen molar-refractivity contribution < 1.29 is 14.3 Å². The van der Waals surface area contributed by atoms with Gasteiger partial charge >= 0.3 is 0 Å². The zero-order chi connectivity index (χ0) is 14.7. The molecule has 0 saturated heterocycles. The van der Waals surface area contributed by atoms with Crippen molar-refractivity contribution >= 4 is 17.3 Å². The molecular weight excluding hydrogens is 260 g/mol. The van der Waals surface area contributed by atoms with Crippen molar-refractivity contribution in [2.75, 3.05) is 25.3 Å². The molecule has 7 nitrogen and oxygen atoms in total. The lowest BCUT2D eigenvalue weighted by molar-refractivity contribution is 0.101. The van der Waals surface area contributed by atoms with Crippen LogP contribution in [0.3, 0.4) is 0 Å². The van der Waals surface area contributed by atoms with Gasteiger partial charge in [-0.25, -0.2) is 0 Å². The van der Waals surface area contributed by atoms with E-state index in [1.807, 2.05) is 0 Å². The Morgan fingerprint density at radius 3 is 2.50 bits per heavy atom. The van der Waals surface area contributed by atoms with Crippen molar-refractivity contribution in [1.29, 1.82) is 0 Å². The predicted molar refractivity (Wildman–Crippen MR) is 75.1 cm³/mol. The van der Waals surface area contributed by atoms with Crippen LogP contribution in [0.15, 0.2) is 24.4 Å². The highest BCUT2D eigenvalue weighted by Crippen LogP contribution is 2.34. The first kappa shape index (κ1) is 13.7. The first-order chi connectivity index (χ1) is 9.56. The van der Waals surface area contributed by atoms with E-state index in [-0.39, 0.29) is 5.91 Å². The fourth-order valence-corrected chi connectivity index (χ4v) is 1.79. The molecule has 2 aromatic rings. The molecule has 0 radical (unpaired) electrons. The molecule has 0 aliphatic heterocycles. The molecule has 0 saturated carbocycles. The van der Waals surface area contributed by atoms with Gasteiger partial charge in [-0.05, 0) is 6.07 Å². The van der Waals surface area contributed by atoms with Gasteiger partial charge in [-0.2, -0.15) is 5.10 Å². The molecule has 1 aromatic heterocycles. The van der Waals surface area contributed by atoms with Crippen molar-refractivity contribution in [3.8, 4) is 11.5 Å². The molecule has 0 atom stereocenters. The van der Waals surface area contributed by atoms with Crippen LogP contribution in [-0.4, -0.2) is 29.9 Å². The monoisotopic (exact) mass is 276 g/mol. The number of nitrogens with two attached hydrogens (primary N) is 1. The SMILES string of the molecule is COc1cc(N)c(NC(=O)c2ccnn2C)cc1OC. The number of aryl methyl sites for hydroxylation is 1. The van der Waals surface area contributed by atoms with Gasteiger partial charge in [0.2, 0.25) is 0 Å². The summed E-state index contributed by atoms with van der Waals surface area (Å²) >= 11 is 0. The number of nitrogens with zero attached hydrogens (tertiary/aromatic N) is 2. The number of hydrogen-bond donors (Lipinski definition) is 2. The van der Waals surface area contributed by atoms with Gasteiger partial charge in [-0.1, -0.05) is 0 Å². The van der Waals surface area contributed by atoms with Gasteiger partial charge in [-0.15, -0.1) is 0 Å². The van der Waals surface area contributed by atoms with Crippen molar-refractivity contribution in [2.24, 2.45) is 7.05 Å². The molecule has 1 heterocycles. The molecule has 7 heteroatoms. The quantitative estimate of drug-likeness (QED) is 0.821. The van der Waals surface area contributed by atoms with Gasteiger partial charge in [0.25, 0.3) is 5.91 Å². The summed E-state index contributed by atoms with van der Waals surface area (Å²) in [6, 6.07) is 4.83. The number of hydrogen-bond acceptors (Lipinski definition) is 5. The highest BCUT2D eigenvalue weighted by atomic mass is 16.5. The minimum Gasteiger partial charge on any atom is -0.493 e. The second kappa shape index (κ2) is 5.52. The third-order valence-electron chi connectivity index (χ3n) is 2.86. The molecule has 1 amide bonds. The number of anilines is 2. The van der Waals surface area contributed by atoms with Crippen LogP contribution in [0.4, 0.5) is 11.4 Å². The molecule has 0 spiro atoms. The van der Waals surface area contributed by atoms with E-state index in [9.17, 15) is 4.79 Å². The van der Waals surface area contributed by atoms with Crippen molar-refractivity contribution in [3.63, 3.8) is 0 Å². The number of carbonyl (C=O) groups excluding carboxylic acids is 1. The number of aromatic nitrogens is 2. The Kier molecular flexibility index (Phi) is 3.79. The van der Waals surface area contributed by atoms with Gasteiger partial charge in [0, 0.05) is 25.4 Å². The first-order valence-electron chi connectivity index (χ1n) is 5.87. The third-order valence-corrected chi connectivity index (χ3v) is 2.86. The Morgan fingerprint density at radius 2 is 1.95 bits per heavy atom. The summed E-state index contributed by atoms with van der Waals surface area (Å²) in [6.45, 7) is 0. The molecular formula is C13H16N4O3. The van der Waals surface area contributed by atoms with Crippen LogP contribution in [0, 0.1) is 0 Å². The van der Waals surface area contributed by atoms with Gasteiger partial charge < -0.3 is 20.5 Å². The van der Waals surface area contributed by atoms with Gasteiger partial charge in [-0.3, -0.25) is 9.48 Å². The van der Waals surface area contributed by atoms with Gasteiger partial charge in [0.1, 0.15) is 5.69 Å². The summed E-state index contributed by atoms with van der Waals surface area (Å²) in [5.41, 5.74) is 7.16. The summed E-state index contributed by atoms with van der Waals surface area (Å²) in [6.07, 6.45) is 1.55. The minimum atomic E-state index is -0.302. The average Bonchev–Trinajstić information content (AvgIpc) is 2.86. The lowest BCUT2D eigenvalue weighted by Crippen LogP contribution is -2.17. The van der Waals surface area contributed by atoms with Crippen molar-refractivity contribution in [1.82, 2.24) is 9.78 Å². The van der Waals surface area contributed by atoms with E-state index in [0.717, 1.165) is 0 Å². The molecule has 0 unspecified atom stereocenters. The van der Waals surface area contributed by atoms with Crippen LogP contribution < -0.4 is 20.5 Å². The molecule has 2 rings (SSSR count). The van der Waals surface area contributed by atoms with Crippen molar-refractivity contribution in [3.05, 3.63) is 30.1 Å². The summed E-state index contributed by atoms with van der Waals surface area (Å²) in [7, 11) is 4.72. The third kappa shape index (κ3) is 2.51. The second-order valence-corrected chi connectivity index (χ2v) is 4.09. The van der Waals surface area contributed by atoms with Crippen LogP contribution in [0.5, 0.6) is 11.5 Å². The van der Waals surface area contributed by atoms with E-state index in [1.54, 1.807) is 31.4 Å². The molecule has 0 fully saturated rings. The fourth-order valence-electron chi connectivity index (χ4n) is 1.79. The second-order valence-electron chi connectivity index (χ2n) is 4.09. The highest BCUT2D eigenvalue weighted by molar-refractivity contribution is 6.04. The fraction of sp³-hybridized carbons (Fsp3) is 0.231. The zero-order valence-electron chi connectivity index (χ0n) is 11.5. The predicted octanol–water partition coefficient (Wildman–Crippen LogP) is 1.27. The number of rotatable bonds is 4. The largest absolute Gasteiger partial charge is 0.493 e. The topological polar surface area (TPSA) is 91.4 Å². The lowest BCUT2D eigenvalue weighted by Gasteiger charge is -2.13. The van der Waals surface area contributed by atoms with Crippen molar-refractivity contribution in [2.45, 2.75) is 0 Å². The van der Waals surface area contributed by atoms with Crippen LogP contribution in [0.1, 0.15) is 10.5 Å². The Morgan fingerprint density at radius 1 is 1.30 bits per heavy atom. The number of nitrogen functional groups attached to an aromatic ring is 1. The maximum atomic E-state index is 12.1. The average molecular weight is 276 g/mol. The standard InChI is InChI=1S/C13H16N4O3/c1-17-10(4-5-15-17)13(18)16-9-7-12(20-3)11(19-2)6-8(9)14/h4-7H,14H2,1-3H3,(H,16,18). The summed E-state index contributed by atoms with van der Waals surface area (Å²) < 4.78 is 11.8. The lowest BCUT2D eigenvalue weighted by atomic mass is 10.2. The van der Waals surface area contributed by atoms with E-state index in [4.69, 9.17) is 15.2 Å². The number of ether oxygens (including phenoxy) is 2. The number of amides is 1. The van der Waals surface area contributed by atoms with E-state index in [0.29, 0.717) is 28.6 Å². The van der Waals surface area contributed by atoms with Crippen LogP contribution in [0.2, 0.25) is 0 Å². The molecule has 1 aromatic carbocycles. The van der Waals surface area contributed by atoms with E-state index in [2.05, 4.69) is 10.4 Å². The molecule has 3 N–H and O–H groups in total. The number of carbonyl (C=O) groups is 1. The van der Waals surface area contributed by atoms with Crippen LogP contribution >= 0.6 is 0 Å². The van der Waals surface area contributed by atoms with Crippen LogP contribution in [0.25, 0.3) is 0 Å². The normalized spacial score (nSPS) is 10.2. The van der Waals surface area contributed by atoms with E-state index >= 15 is 0 Å². The number of nitrogens with one attached hydrogen (secondary N) is 1. The molecule has 0 bridgehead atoms. The number of methoxy groups -OCH3 is 2. The molecule has 106 valence electrons. The number of benzene rings is 1. The maximum absolute atomic E-state index is 12.1. The van der Waals surface area contributed by atoms with E-state index < -0.39 is 0 Å². The Hall–Kier alpha value is -2.70. The first-order valence-corrected chi connectivity index (χ1v) is 5.87. The highest BCUT2D eigenvalue weighted by Gasteiger charge is 2.14. The maximum Gasteiger partial charge on any atom is 0.273 e. The minimum absolute atomic E-state index is 0.302. The zero-order valence-corrected chi connectivity index (χ0v) is 11.5. The smallest absolute Gasteiger partial charge is 0.273 e. The molecule has 0 aliphatic carbocycles. The molecule has 0 aliphatic rings. The van der Waals surface area contributed by atoms with Gasteiger partial charge in [0.15, 0.2) is 11.5 Å². The van der Waals surface area contributed by atoms with E-state index in [1.165, 1.54) is 18.9 Å². The van der Waals surface area contributed by atoms with Crippen LogP contribution in [-0.2, 0) is 7.05 Å². The summed E-state index contributed by atoms with van der Waals surface area (Å²) in [5.74, 6) is 0.689.